The Morgan fingerprint density at radius 2 is 1.68 bits per heavy atom. The molecule has 1 N–H and O–H groups in total. The van der Waals surface area contributed by atoms with E-state index in [4.69, 9.17) is 30.1 Å². The molecule has 0 bridgehead atoms. The minimum absolute atomic E-state index is 0.242. The molecule has 3 rings (SSSR count). The fourth-order valence-electron chi connectivity index (χ4n) is 4.18. The molecule has 0 aliphatic heterocycles. The number of halogens is 1. The summed E-state index contributed by atoms with van der Waals surface area (Å²) in [5.74, 6) is 2.23. The van der Waals surface area contributed by atoms with Crippen LogP contribution >= 0.6 is 31.0 Å². The van der Waals surface area contributed by atoms with Crippen molar-refractivity contribution in [2.24, 2.45) is 0 Å². The summed E-state index contributed by atoms with van der Waals surface area (Å²) in [6, 6.07) is 23.7. The van der Waals surface area contributed by atoms with Crippen molar-refractivity contribution < 1.29 is 27.9 Å². The monoisotopic (exact) mass is 659 g/mol. The molecule has 3 aromatic rings. The Bertz CT molecular complexity index is 1400. The van der Waals surface area contributed by atoms with Gasteiger partial charge in [0.2, 0.25) is 0 Å². The average molecular weight is 660 g/mol. The summed E-state index contributed by atoms with van der Waals surface area (Å²) >= 11 is 8.31. The van der Waals surface area contributed by atoms with Crippen LogP contribution < -0.4 is 10.1 Å². The molecular weight excluding hydrogens is 617 g/mol. The second-order valence-electron chi connectivity index (χ2n) is 11.0. The summed E-state index contributed by atoms with van der Waals surface area (Å²) in [7, 11) is -3.42. The normalized spacial score (nSPS) is 12.7. The van der Waals surface area contributed by atoms with E-state index >= 15 is 0 Å². The van der Waals surface area contributed by atoms with Gasteiger partial charge in [0, 0.05) is 20.6 Å². The molecule has 0 saturated carbocycles. The highest BCUT2D eigenvalue weighted by atomic mass is 35.5. The van der Waals surface area contributed by atoms with Crippen LogP contribution in [0.1, 0.15) is 58.6 Å². The third-order valence-corrected chi connectivity index (χ3v) is 9.20. The first-order valence-electron chi connectivity index (χ1n) is 14.8. The minimum Gasteiger partial charge on any atom is -0.489 e. The highest BCUT2D eigenvalue weighted by molar-refractivity contribution is 7.99. The molecule has 1 amide bonds. The summed E-state index contributed by atoms with van der Waals surface area (Å²) < 4.78 is 35.1. The van der Waals surface area contributed by atoms with Gasteiger partial charge in [-0.3, -0.25) is 4.57 Å². The Hall–Kier alpha value is -2.74. The number of rotatable bonds is 16. The van der Waals surface area contributed by atoms with Gasteiger partial charge < -0.3 is 23.8 Å². The zero-order valence-corrected chi connectivity index (χ0v) is 28.6. The van der Waals surface area contributed by atoms with Gasteiger partial charge >= 0.3 is 13.7 Å². The van der Waals surface area contributed by atoms with Gasteiger partial charge in [0.1, 0.15) is 18.0 Å². The van der Waals surface area contributed by atoms with Crippen LogP contribution in [0.5, 0.6) is 5.75 Å². The Kier molecular flexibility index (Phi) is 14.4. The largest absolute Gasteiger partial charge is 0.489 e. The van der Waals surface area contributed by atoms with E-state index in [9.17, 15) is 9.36 Å². The maximum absolute atomic E-state index is 12.9. The van der Waals surface area contributed by atoms with E-state index < -0.39 is 25.3 Å². The smallest absolute Gasteiger partial charge is 0.408 e. The van der Waals surface area contributed by atoms with Crippen molar-refractivity contribution in [1.29, 1.82) is 0 Å². The molecule has 7 nitrogen and oxygen atoms in total. The van der Waals surface area contributed by atoms with E-state index in [2.05, 4.69) is 11.4 Å². The Balaban J connectivity index is 1.61. The molecule has 1 atom stereocenters. The number of benzene rings is 3. The molecule has 1 unspecified atom stereocenters. The topological polar surface area (TPSA) is 83.1 Å². The molecule has 0 aliphatic rings. The Labute approximate surface area is 271 Å². The average Bonchev–Trinajstić information content (AvgIpc) is 2.96. The lowest BCUT2D eigenvalue weighted by molar-refractivity contribution is 0.0512. The van der Waals surface area contributed by atoms with Gasteiger partial charge in [-0.15, -0.1) is 0 Å². The molecule has 238 valence electrons. The van der Waals surface area contributed by atoms with Crippen molar-refractivity contribution in [3.8, 4) is 5.75 Å². The first-order chi connectivity index (χ1) is 21.0. The van der Waals surface area contributed by atoms with E-state index in [1.807, 2.05) is 66.7 Å². The molecule has 0 aliphatic carbocycles. The van der Waals surface area contributed by atoms with Gasteiger partial charge in [-0.25, -0.2) is 4.79 Å². The molecule has 3 aromatic carbocycles. The fourth-order valence-corrected chi connectivity index (χ4v) is 6.81. The molecule has 0 aromatic heterocycles. The number of carbonyl (C=O) groups is 1. The van der Waals surface area contributed by atoms with Crippen LogP contribution in [0.3, 0.4) is 0 Å². The van der Waals surface area contributed by atoms with Crippen LogP contribution in [0, 0.1) is 0 Å². The van der Waals surface area contributed by atoms with Gasteiger partial charge in [0.25, 0.3) is 0 Å². The van der Waals surface area contributed by atoms with Gasteiger partial charge in [0.15, 0.2) is 0 Å². The van der Waals surface area contributed by atoms with Crippen LogP contribution in [0.15, 0.2) is 94.5 Å². The molecule has 0 spiro atoms. The van der Waals surface area contributed by atoms with Gasteiger partial charge in [-0.2, -0.15) is 0 Å². The van der Waals surface area contributed by atoms with Crippen molar-refractivity contribution in [2.45, 2.75) is 81.9 Å². The van der Waals surface area contributed by atoms with Crippen LogP contribution in [0.4, 0.5) is 4.79 Å². The highest BCUT2D eigenvalue weighted by Crippen LogP contribution is 2.49. The first kappa shape index (κ1) is 35.7. The quantitative estimate of drug-likeness (QED) is 0.153. The van der Waals surface area contributed by atoms with Crippen molar-refractivity contribution >= 4 is 37.1 Å². The third-order valence-electron chi connectivity index (χ3n) is 6.10. The number of hydrogen-bond donors (Lipinski definition) is 1. The maximum atomic E-state index is 12.9. The third kappa shape index (κ3) is 13.1. The lowest BCUT2D eigenvalue weighted by atomic mass is 10.0. The number of alkyl carbamates (subject to hydrolysis) is 1. The lowest BCUT2D eigenvalue weighted by Gasteiger charge is -2.23. The van der Waals surface area contributed by atoms with E-state index in [1.54, 1.807) is 52.5 Å². The van der Waals surface area contributed by atoms with Crippen LogP contribution in [0.25, 0.3) is 0 Å². The van der Waals surface area contributed by atoms with Crippen molar-refractivity contribution in [2.75, 3.05) is 13.2 Å². The predicted octanol–water partition coefficient (Wildman–Crippen LogP) is 10.1. The zero-order valence-electron chi connectivity index (χ0n) is 26.1. The van der Waals surface area contributed by atoms with Crippen LogP contribution in [-0.4, -0.2) is 30.9 Å². The van der Waals surface area contributed by atoms with E-state index in [1.165, 1.54) is 5.82 Å². The lowest BCUT2D eigenvalue weighted by Crippen LogP contribution is -2.38. The fraction of sp³-hybridized carbons (Fsp3) is 0.382. The van der Waals surface area contributed by atoms with E-state index in [0.29, 0.717) is 30.9 Å². The van der Waals surface area contributed by atoms with E-state index in [0.717, 1.165) is 26.7 Å². The second-order valence-corrected chi connectivity index (χ2v) is 14.4. The molecule has 0 radical (unpaired) electrons. The summed E-state index contributed by atoms with van der Waals surface area (Å²) in [6.07, 6.45) is 3.09. The van der Waals surface area contributed by atoms with Crippen LogP contribution in [-0.2, 0) is 31.4 Å². The van der Waals surface area contributed by atoms with Gasteiger partial charge in [-0.05, 0) is 95.3 Å². The molecule has 0 fully saturated rings. The maximum Gasteiger partial charge on any atom is 0.408 e. The Morgan fingerprint density at radius 1 is 0.977 bits per heavy atom. The highest BCUT2D eigenvalue weighted by Gasteiger charge is 2.22. The number of aryl methyl sites for hydroxylation is 1. The van der Waals surface area contributed by atoms with Gasteiger partial charge in [0.05, 0.1) is 19.3 Å². The van der Waals surface area contributed by atoms with Crippen molar-refractivity contribution in [3.63, 3.8) is 0 Å². The summed E-state index contributed by atoms with van der Waals surface area (Å²) in [6.45, 7) is 9.91. The number of hydrogen-bond acceptors (Lipinski definition) is 7. The Morgan fingerprint density at radius 3 is 2.34 bits per heavy atom. The van der Waals surface area contributed by atoms with Crippen molar-refractivity contribution in [1.82, 2.24) is 5.32 Å². The summed E-state index contributed by atoms with van der Waals surface area (Å²) in [4.78, 5) is 14.6. The minimum atomic E-state index is -3.42. The molecule has 44 heavy (non-hydrogen) atoms. The van der Waals surface area contributed by atoms with Gasteiger partial charge in [-0.1, -0.05) is 71.9 Å². The van der Waals surface area contributed by atoms with E-state index in [-0.39, 0.29) is 13.2 Å². The molecular formula is C34H43ClNO6PS. The molecule has 0 heterocycles. The molecule has 10 heteroatoms. The standard InChI is InChI=1S/C34H43ClNO6PS/c1-6-40-43(38,41-7-2)22-21-28(36-33(37)42-34(3,4)5)16-11-15-27-19-20-31(24-32(27)35)44-30-18-12-17-29(23-30)39-25-26-13-9-8-10-14-26/h8-10,12-14,17-24,28H,6-7,11,15-16,25H2,1-5H3,(H,36,37). The molecule has 0 saturated heterocycles. The van der Waals surface area contributed by atoms with Crippen molar-refractivity contribution in [3.05, 3.63) is 101 Å². The number of amides is 1. The zero-order chi connectivity index (χ0) is 32.0. The number of ether oxygens (including phenoxy) is 2. The SMILES string of the molecule is CCOP(=O)(C=CC(CCCc1ccc(Sc2cccc(OCc3ccccc3)c2)cc1Cl)NC(=O)OC(C)(C)C)OCC. The van der Waals surface area contributed by atoms with Crippen LogP contribution in [0.2, 0.25) is 5.02 Å². The predicted molar refractivity (Wildman–Crippen MR) is 179 cm³/mol. The number of carbonyl (C=O) groups excluding carboxylic acids is 1. The summed E-state index contributed by atoms with van der Waals surface area (Å²) in [5.41, 5.74) is 1.48. The summed E-state index contributed by atoms with van der Waals surface area (Å²) in [5, 5.41) is 3.54. The first-order valence-corrected chi connectivity index (χ1v) is 17.6. The number of nitrogens with one attached hydrogen (secondary N) is 1. The second kappa shape index (κ2) is 17.7.